The Kier molecular flexibility index (Phi) is 2.31. The van der Waals surface area contributed by atoms with Crippen LogP contribution in [0.4, 0.5) is 4.79 Å². The van der Waals surface area contributed by atoms with Crippen LogP contribution in [0.3, 0.4) is 0 Å². The van der Waals surface area contributed by atoms with Crippen molar-refractivity contribution in [1.82, 2.24) is 5.32 Å². The molecule has 0 bridgehead atoms. The summed E-state index contributed by atoms with van der Waals surface area (Å²) in [6, 6.07) is 0. The number of carbonyl (C=O) groups is 1. The average Bonchev–Trinajstić information content (AvgIpc) is 2.04. The molecule has 2 atom stereocenters. The third-order valence-corrected chi connectivity index (χ3v) is 3.15. The fraction of sp³-hybridized carbons (Fsp3) is 0.889. The van der Waals surface area contributed by atoms with E-state index >= 15 is 0 Å². The molecule has 70 valence electrons. The Balaban J connectivity index is 2.79. The van der Waals surface area contributed by atoms with Gasteiger partial charge in [0.05, 0.1) is 0 Å². The number of nitrogens with one attached hydrogen (secondary N) is 1. The van der Waals surface area contributed by atoms with Gasteiger partial charge >= 0.3 is 6.09 Å². The van der Waals surface area contributed by atoms with Crippen LogP contribution < -0.4 is 5.32 Å². The van der Waals surface area contributed by atoms with Crippen molar-refractivity contribution in [2.45, 2.75) is 33.8 Å². The molecule has 0 aromatic heterocycles. The topological polar surface area (TPSA) is 38.3 Å². The van der Waals surface area contributed by atoms with Crippen molar-refractivity contribution in [2.24, 2.45) is 11.3 Å². The highest BCUT2D eigenvalue weighted by molar-refractivity contribution is 5.67. The molecular weight excluding hydrogens is 154 g/mol. The summed E-state index contributed by atoms with van der Waals surface area (Å²) < 4.78 is 5.15. The van der Waals surface area contributed by atoms with Gasteiger partial charge in [-0.3, -0.25) is 0 Å². The number of cyclic esters (lactones) is 1. The minimum Gasteiger partial charge on any atom is -0.446 e. The Morgan fingerprint density at radius 1 is 1.50 bits per heavy atom. The zero-order valence-electron chi connectivity index (χ0n) is 8.18. The average molecular weight is 171 g/mol. The molecule has 1 amide bonds. The van der Waals surface area contributed by atoms with E-state index in [-0.39, 0.29) is 17.6 Å². The van der Waals surface area contributed by atoms with Crippen LogP contribution in [0.25, 0.3) is 0 Å². The second-order valence-corrected chi connectivity index (χ2v) is 4.15. The summed E-state index contributed by atoms with van der Waals surface area (Å²) in [5, 5.41) is 2.72. The first-order valence-corrected chi connectivity index (χ1v) is 4.39. The Hall–Kier alpha value is -0.730. The predicted octanol–water partition coefficient (Wildman–Crippen LogP) is 1.78. The molecule has 0 saturated carbocycles. The molecule has 0 aromatic rings. The Morgan fingerprint density at radius 2 is 2.08 bits per heavy atom. The third-order valence-electron chi connectivity index (χ3n) is 3.15. The van der Waals surface area contributed by atoms with Gasteiger partial charge in [0, 0.05) is 12.0 Å². The van der Waals surface area contributed by atoms with Crippen LogP contribution in [0.1, 0.15) is 27.7 Å². The van der Waals surface area contributed by atoms with Gasteiger partial charge < -0.3 is 10.1 Å². The molecular formula is C9H17NO2. The first-order chi connectivity index (χ1) is 5.44. The molecule has 1 fully saturated rings. The maximum absolute atomic E-state index is 11.0. The lowest BCUT2D eigenvalue weighted by atomic mass is 9.76. The van der Waals surface area contributed by atoms with Crippen LogP contribution in [0, 0.1) is 11.3 Å². The molecule has 3 heteroatoms. The Bertz CT molecular complexity index is 189. The second-order valence-electron chi connectivity index (χ2n) is 4.15. The van der Waals surface area contributed by atoms with Gasteiger partial charge in [0.2, 0.25) is 0 Å². The summed E-state index contributed by atoms with van der Waals surface area (Å²) in [7, 11) is 0. The monoisotopic (exact) mass is 171 g/mol. The number of alkyl carbamates (subject to hydrolysis) is 1. The Morgan fingerprint density at radius 3 is 2.67 bits per heavy atom. The van der Waals surface area contributed by atoms with Crippen LogP contribution in [0.15, 0.2) is 0 Å². The minimum absolute atomic E-state index is 0.0185. The van der Waals surface area contributed by atoms with Crippen molar-refractivity contribution in [3.63, 3.8) is 0 Å². The number of hydrogen-bond donors (Lipinski definition) is 1. The van der Waals surface area contributed by atoms with Crippen molar-refractivity contribution in [3.8, 4) is 0 Å². The van der Waals surface area contributed by atoms with E-state index in [2.05, 4.69) is 26.1 Å². The normalized spacial score (nSPS) is 34.8. The van der Waals surface area contributed by atoms with Crippen molar-refractivity contribution < 1.29 is 9.53 Å². The van der Waals surface area contributed by atoms with Crippen LogP contribution in [-0.2, 0) is 4.74 Å². The molecule has 1 N–H and O–H groups in total. The van der Waals surface area contributed by atoms with Gasteiger partial charge in [0.15, 0.2) is 0 Å². The van der Waals surface area contributed by atoms with E-state index in [1.54, 1.807) is 0 Å². The van der Waals surface area contributed by atoms with E-state index in [1.165, 1.54) is 0 Å². The standard InChI is InChI=1S/C9H17NO2/c1-6-5-10-8(11)12-7(2)9(6,3)4/h6-7H,5H2,1-4H3,(H,10,11). The van der Waals surface area contributed by atoms with Gasteiger partial charge in [-0.1, -0.05) is 20.8 Å². The van der Waals surface area contributed by atoms with E-state index in [4.69, 9.17) is 4.74 Å². The van der Waals surface area contributed by atoms with E-state index in [9.17, 15) is 4.79 Å². The second kappa shape index (κ2) is 2.96. The fourth-order valence-corrected chi connectivity index (χ4v) is 1.25. The highest BCUT2D eigenvalue weighted by Gasteiger charge is 2.37. The first-order valence-electron chi connectivity index (χ1n) is 4.39. The fourth-order valence-electron chi connectivity index (χ4n) is 1.25. The molecule has 1 heterocycles. The summed E-state index contributed by atoms with van der Waals surface area (Å²) in [5.41, 5.74) is 0.0547. The number of rotatable bonds is 0. The maximum Gasteiger partial charge on any atom is 0.407 e. The van der Waals surface area contributed by atoms with Gasteiger partial charge in [-0.15, -0.1) is 0 Å². The molecule has 12 heavy (non-hydrogen) atoms. The van der Waals surface area contributed by atoms with Crippen LogP contribution in [0.5, 0.6) is 0 Å². The van der Waals surface area contributed by atoms with Gasteiger partial charge in [-0.05, 0) is 12.8 Å². The molecule has 0 spiro atoms. The molecule has 0 radical (unpaired) electrons. The van der Waals surface area contributed by atoms with E-state index < -0.39 is 0 Å². The van der Waals surface area contributed by atoms with Gasteiger partial charge in [-0.2, -0.15) is 0 Å². The Labute approximate surface area is 73.5 Å². The molecule has 1 aliphatic heterocycles. The lowest BCUT2D eigenvalue weighted by molar-refractivity contribution is 0.0267. The number of carbonyl (C=O) groups excluding carboxylic acids is 1. The molecule has 0 aromatic carbocycles. The number of ether oxygens (including phenoxy) is 1. The molecule has 3 nitrogen and oxygen atoms in total. The van der Waals surface area contributed by atoms with Crippen molar-refractivity contribution in [1.29, 1.82) is 0 Å². The SMILES string of the molecule is CC1CNC(=O)OC(C)C1(C)C. The van der Waals surface area contributed by atoms with Gasteiger partial charge in [0.1, 0.15) is 6.10 Å². The number of amides is 1. The summed E-state index contributed by atoms with van der Waals surface area (Å²) in [4.78, 5) is 11.0. The van der Waals surface area contributed by atoms with E-state index in [0.717, 1.165) is 0 Å². The van der Waals surface area contributed by atoms with Gasteiger partial charge in [0.25, 0.3) is 0 Å². The quantitative estimate of drug-likeness (QED) is 0.603. The predicted molar refractivity (Wildman–Crippen MR) is 46.9 cm³/mol. The molecule has 1 saturated heterocycles. The number of hydrogen-bond acceptors (Lipinski definition) is 2. The summed E-state index contributed by atoms with van der Waals surface area (Å²) in [6.45, 7) is 9.04. The van der Waals surface area contributed by atoms with Crippen LogP contribution in [-0.4, -0.2) is 18.7 Å². The van der Waals surface area contributed by atoms with Crippen LogP contribution in [0.2, 0.25) is 0 Å². The zero-order valence-corrected chi connectivity index (χ0v) is 8.18. The lowest BCUT2D eigenvalue weighted by Gasteiger charge is -2.33. The van der Waals surface area contributed by atoms with E-state index in [1.807, 2.05) is 6.92 Å². The zero-order chi connectivity index (χ0) is 9.35. The van der Waals surface area contributed by atoms with Crippen molar-refractivity contribution in [2.75, 3.05) is 6.54 Å². The minimum atomic E-state index is -0.292. The highest BCUT2D eigenvalue weighted by Crippen LogP contribution is 2.33. The summed E-state index contributed by atoms with van der Waals surface area (Å²) >= 11 is 0. The van der Waals surface area contributed by atoms with Crippen LogP contribution >= 0.6 is 0 Å². The molecule has 1 aliphatic rings. The largest absolute Gasteiger partial charge is 0.446 e. The molecule has 0 aliphatic carbocycles. The van der Waals surface area contributed by atoms with Crippen molar-refractivity contribution in [3.05, 3.63) is 0 Å². The maximum atomic E-state index is 11.0. The summed E-state index contributed by atoms with van der Waals surface area (Å²) in [6.07, 6.45) is -0.310. The van der Waals surface area contributed by atoms with Gasteiger partial charge in [-0.25, -0.2) is 4.79 Å². The molecule has 1 rings (SSSR count). The lowest BCUT2D eigenvalue weighted by Crippen LogP contribution is -2.35. The highest BCUT2D eigenvalue weighted by atomic mass is 16.6. The van der Waals surface area contributed by atoms with Crippen molar-refractivity contribution >= 4 is 6.09 Å². The van der Waals surface area contributed by atoms with E-state index in [0.29, 0.717) is 12.5 Å². The smallest absolute Gasteiger partial charge is 0.407 e. The third kappa shape index (κ3) is 1.54. The summed E-state index contributed by atoms with van der Waals surface area (Å²) in [5.74, 6) is 0.443. The molecule has 2 unspecified atom stereocenters. The first kappa shape index (κ1) is 9.36.